The molecule has 3 aromatic rings. The smallest absolute Gasteiger partial charge is 0.341 e. The molecule has 0 fully saturated rings. The zero-order valence-corrected chi connectivity index (χ0v) is 15.0. The number of imidazole rings is 1. The largest absolute Gasteiger partial charge is 0.454 e. The number of esters is 1. The maximum Gasteiger partial charge on any atom is 0.341 e. The van der Waals surface area contributed by atoms with Gasteiger partial charge in [-0.15, -0.1) is 11.8 Å². The fourth-order valence-electron chi connectivity index (χ4n) is 2.52. The first-order valence-electron chi connectivity index (χ1n) is 7.55. The van der Waals surface area contributed by atoms with Crippen LogP contribution in [-0.4, -0.2) is 38.5 Å². The number of hydrogen-bond donors (Lipinski definition) is 1. The zero-order chi connectivity index (χ0) is 17.8. The molecule has 0 atom stereocenters. The molecule has 0 unspecified atom stereocenters. The van der Waals surface area contributed by atoms with Crippen LogP contribution in [0, 0.1) is 0 Å². The van der Waals surface area contributed by atoms with Crippen LogP contribution in [0.2, 0.25) is 5.02 Å². The van der Waals surface area contributed by atoms with Crippen LogP contribution in [0.1, 0.15) is 16.2 Å². The van der Waals surface area contributed by atoms with E-state index in [9.17, 15) is 9.90 Å². The maximum atomic E-state index is 12.4. The number of aromatic nitrogens is 3. The second-order valence-corrected chi connectivity index (χ2v) is 6.40. The maximum absolute atomic E-state index is 12.4. The van der Waals surface area contributed by atoms with Crippen molar-refractivity contribution in [3.05, 3.63) is 52.9 Å². The molecule has 0 aliphatic carbocycles. The Kier molecular flexibility index (Phi) is 5.57. The molecule has 25 heavy (non-hydrogen) atoms. The molecule has 0 radical (unpaired) electrons. The van der Waals surface area contributed by atoms with E-state index in [1.54, 1.807) is 41.1 Å². The van der Waals surface area contributed by atoms with Crippen molar-refractivity contribution in [1.29, 1.82) is 0 Å². The highest BCUT2D eigenvalue weighted by molar-refractivity contribution is 7.98. The molecule has 0 saturated heterocycles. The lowest BCUT2D eigenvalue weighted by Gasteiger charge is -2.09. The van der Waals surface area contributed by atoms with Crippen molar-refractivity contribution >= 4 is 40.4 Å². The number of fused-ring (bicyclic) bond motifs is 1. The minimum Gasteiger partial charge on any atom is -0.454 e. The summed E-state index contributed by atoms with van der Waals surface area (Å²) < 4.78 is 7.21. The third-order valence-electron chi connectivity index (χ3n) is 3.63. The Morgan fingerprint density at radius 1 is 1.40 bits per heavy atom. The number of pyridine rings is 1. The van der Waals surface area contributed by atoms with Gasteiger partial charge in [0.15, 0.2) is 0 Å². The molecular formula is C17H16ClN3O3S. The summed E-state index contributed by atoms with van der Waals surface area (Å²) in [4.78, 5) is 21.0. The molecule has 0 aliphatic rings. The lowest BCUT2D eigenvalue weighted by atomic mass is 10.3. The molecule has 1 N–H and O–H groups in total. The Morgan fingerprint density at radius 2 is 2.24 bits per heavy atom. The Morgan fingerprint density at radius 3 is 3.00 bits per heavy atom. The average Bonchev–Trinajstić information content (AvgIpc) is 2.97. The fraction of sp³-hybridized carbons (Fsp3) is 0.235. The van der Waals surface area contributed by atoms with Crippen molar-refractivity contribution in [3.63, 3.8) is 0 Å². The standard InChI is InChI=1S/C17H16ClN3O3S/c1-25-16-12(3-2-6-19-16)17(23)24-10-15-20-13-5-4-11(18)9-14(13)21(15)7-8-22/h2-6,9,22H,7-8,10H2,1H3. The quantitative estimate of drug-likeness (QED) is 0.525. The van der Waals surface area contributed by atoms with Gasteiger partial charge in [0.25, 0.3) is 0 Å². The summed E-state index contributed by atoms with van der Waals surface area (Å²) in [6.07, 6.45) is 3.48. The number of benzene rings is 1. The molecule has 0 spiro atoms. The molecule has 0 aliphatic heterocycles. The summed E-state index contributed by atoms with van der Waals surface area (Å²) in [5.74, 6) is 0.0901. The number of hydrogen-bond acceptors (Lipinski definition) is 6. The molecule has 130 valence electrons. The summed E-state index contributed by atoms with van der Waals surface area (Å²) in [5.41, 5.74) is 1.94. The van der Waals surface area contributed by atoms with Crippen molar-refractivity contribution in [3.8, 4) is 0 Å². The van der Waals surface area contributed by atoms with E-state index in [1.165, 1.54) is 11.8 Å². The van der Waals surface area contributed by atoms with Gasteiger partial charge in [-0.1, -0.05) is 11.6 Å². The predicted molar refractivity (Wildman–Crippen MR) is 97.0 cm³/mol. The molecule has 2 aromatic heterocycles. The van der Waals surface area contributed by atoms with E-state index >= 15 is 0 Å². The molecule has 0 bridgehead atoms. The van der Waals surface area contributed by atoms with E-state index in [0.717, 1.165) is 11.0 Å². The Bertz CT molecular complexity index is 913. The van der Waals surface area contributed by atoms with Crippen LogP contribution in [-0.2, 0) is 17.9 Å². The highest BCUT2D eigenvalue weighted by Crippen LogP contribution is 2.22. The van der Waals surface area contributed by atoms with Crippen LogP contribution in [0.3, 0.4) is 0 Å². The lowest BCUT2D eigenvalue weighted by molar-refractivity contribution is 0.0452. The van der Waals surface area contributed by atoms with Gasteiger partial charge in [-0.25, -0.2) is 14.8 Å². The van der Waals surface area contributed by atoms with E-state index in [1.807, 2.05) is 6.26 Å². The molecule has 6 nitrogen and oxygen atoms in total. The van der Waals surface area contributed by atoms with Crippen LogP contribution in [0.25, 0.3) is 11.0 Å². The normalized spacial score (nSPS) is 11.0. The minimum absolute atomic E-state index is 0.00610. The number of carbonyl (C=O) groups excluding carboxylic acids is 1. The first-order chi connectivity index (χ1) is 12.1. The van der Waals surface area contributed by atoms with Gasteiger partial charge in [0.2, 0.25) is 0 Å². The third-order valence-corrected chi connectivity index (χ3v) is 4.58. The minimum atomic E-state index is -0.460. The van der Waals surface area contributed by atoms with Crippen molar-refractivity contribution in [2.75, 3.05) is 12.9 Å². The molecule has 3 rings (SSSR count). The van der Waals surface area contributed by atoms with Gasteiger partial charge in [-0.2, -0.15) is 0 Å². The monoisotopic (exact) mass is 377 g/mol. The van der Waals surface area contributed by atoms with Gasteiger partial charge in [-0.05, 0) is 36.6 Å². The number of halogens is 1. The van der Waals surface area contributed by atoms with Gasteiger partial charge >= 0.3 is 5.97 Å². The van der Waals surface area contributed by atoms with E-state index < -0.39 is 5.97 Å². The van der Waals surface area contributed by atoms with Gasteiger partial charge in [-0.3, -0.25) is 0 Å². The summed E-state index contributed by atoms with van der Waals surface area (Å²) >= 11 is 7.42. The topological polar surface area (TPSA) is 77.2 Å². The highest BCUT2D eigenvalue weighted by atomic mass is 35.5. The van der Waals surface area contributed by atoms with Crippen LogP contribution in [0.15, 0.2) is 41.6 Å². The first-order valence-corrected chi connectivity index (χ1v) is 9.16. The van der Waals surface area contributed by atoms with Crippen LogP contribution < -0.4 is 0 Å². The third kappa shape index (κ3) is 3.78. The van der Waals surface area contributed by atoms with Crippen LogP contribution in [0.5, 0.6) is 0 Å². The lowest BCUT2D eigenvalue weighted by Crippen LogP contribution is -2.12. The molecule has 0 saturated carbocycles. The molecular weight excluding hydrogens is 362 g/mol. The SMILES string of the molecule is CSc1ncccc1C(=O)OCc1nc2ccc(Cl)cc2n1CCO. The Balaban J connectivity index is 1.85. The zero-order valence-electron chi connectivity index (χ0n) is 13.5. The molecule has 2 heterocycles. The summed E-state index contributed by atoms with van der Waals surface area (Å²) in [6, 6.07) is 8.69. The Hall–Kier alpha value is -2.09. The van der Waals surface area contributed by atoms with Crippen molar-refractivity contribution in [2.24, 2.45) is 0 Å². The number of aliphatic hydroxyl groups excluding tert-OH is 1. The Labute approximate surface area is 153 Å². The summed E-state index contributed by atoms with van der Waals surface area (Å²) in [6.45, 7) is 0.276. The number of nitrogens with zero attached hydrogens (tertiary/aromatic N) is 3. The highest BCUT2D eigenvalue weighted by Gasteiger charge is 2.16. The number of thioether (sulfide) groups is 1. The second kappa shape index (κ2) is 7.86. The summed E-state index contributed by atoms with van der Waals surface area (Å²) in [7, 11) is 0. The van der Waals surface area contributed by atoms with Gasteiger partial charge in [0.05, 0.1) is 23.2 Å². The van der Waals surface area contributed by atoms with Gasteiger partial charge < -0.3 is 14.4 Å². The number of carbonyl (C=O) groups is 1. The van der Waals surface area contributed by atoms with Crippen LogP contribution >= 0.6 is 23.4 Å². The van der Waals surface area contributed by atoms with Crippen LogP contribution in [0.4, 0.5) is 0 Å². The van der Waals surface area contributed by atoms with E-state index in [-0.39, 0.29) is 13.2 Å². The van der Waals surface area contributed by atoms with Gasteiger partial charge in [0.1, 0.15) is 17.5 Å². The van der Waals surface area contributed by atoms with Crippen molar-refractivity contribution in [1.82, 2.24) is 14.5 Å². The molecule has 8 heteroatoms. The van der Waals surface area contributed by atoms with E-state index in [0.29, 0.717) is 28.0 Å². The molecule has 1 aromatic carbocycles. The summed E-state index contributed by atoms with van der Waals surface area (Å²) in [5, 5.41) is 10.5. The number of aliphatic hydroxyl groups is 1. The number of ether oxygens (including phenoxy) is 1. The second-order valence-electron chi connectivity index (χ2n) is 5.17. The average molecular weight is 378 g/mol. The van der Waals surface area contributed by atoms with E-state index in [2.05, 4.69) is 9.97 Å². The van der Waals surface area contributed by atoms with Crippen molar-refractivity contribution in [2.45, 2.75) is 18.2 Å². The predicted octanol–water partition coefficient (Wildman–Crippen LogP) is 3.16. The fourth-order valence-corrected chi connectivity index (χ4v) is 3.23. The van der Waals surface area contributed by atoms with Crippen molar-refractivity contribution < 1.29 is 14.6 Å². The first kappa shape index (κ1) is 17.7. The van der Waals surface area contributed by atoms with Gasteiger partial charge in [0, 0.05) is 17.8 Å². The number of rotatable bonds is 6. The van der Waals surface area contributed by atoms with E-state index in [4.69, 9.17) is 16.3 Å². The molecule has 0 amide bonds.